The van der Waals surface area contributed by atoms with Gasteiger partial charge in [-0.15, -0.1) is 11.3 Å². The highest BCUT2D eigenvalue weighted by Gasteiger charge is 2.39. The summed E-state index contributed by atoms with van der Waals surface area (Å²) in [6, 6.07) is 10.5. The summed E-state index contributed by atoms with van der Waals surface area (Å²) in [5.74, 6) is -0.171. The zero-order valence-electron chi connectivity index (χ0n) is 17.5. The Labute approximate surface area is 188 Å². The minimum Gasteiger partial charge on any atom is -0.325 e. The summed E-state index contributed by atoms with van der Waals surface area (Å²) < 4.78 is 1.55. The van der Waals surface area contributed by atoms with E-state index in [4.69, 9.17) is 0 Å². The number of hydrogen-bond donors (Lipinski definition) is 1. The minimum absolute atomic E-state index is 0.0616. The van der Waals surface area contributed by atoms with E-state index in [1.165, 1.54) is 16.2 Å². The van der Waals surface area contributed by atoms with Crippen LogP contribution < -0.4 is 10.9 Å². The van der Waals surface area contributed by atoms with Gasteiger partial charge in [0, 0.05) is 56.8 Å². The molecular weight excluding hydrogens is 428 g/mol. The smallest absolute Gasteiger partial charge is 0.325 e. The van der Waals surface area contributed by atoms with Crippen LogP contribution >= 0.6 is 11.3 Å². The molecule has 3 aromatic rings. The molecule has 2 aliphatic heterocycles. The monoisotopic (exact) mass is 452 g/mol. The predicted octanol–water partition coefficient (Wildman–Crippen LogP) is 0.994. The van der Waals surface area contributed by atoms with E-state index in [9.17, 15) is 14.4 Å². The van der Waals surface area contributed by atoms with Gasteiger partial charge in [-0.2, -0.15) is 0 Å². The van der Waals surface area contributed by atoms with Crippen molar-refractivity contribution < 1.29 is 9.59 Å². The van der Waals surface area contributed by atoms with Gasteiger partial charge in [0.2, 0.25) is 0 Å². The second-order valence-corrected chi connectivity index (χ2v) is 9.01. The van der Waals surface area contributed by atoms with Gasteiger partial charge in [0.05, 0.1) is 12.4 Å². The Morgan fingerprint density at radius 2 is 1.78 bits per heavy atom. The van der Waals surface area contributed by atoms with E-state index >= 15 is 0 Å². The first-order chi connectivity index (χ1) is 15.6. The van der Waals surface area contributed by atoms with Crippen LogP contribution in [0, 0.1) is 0 Å². The molecule has 166 valence electrons. The van der Waals surface area contributed by atoms with Gasteiger partial charge in [-0.05, 0) is 5.56 Å². The number of rotatable bonds is 6. The van der Waals surface area contributed by atoms with Crippen LogP contribution in [0.1, 0.15) is 11.3 Å². The van der Waals surface area contributed by atoms with Crippen LogP contribution in [0.4, 0.5) is 4.79 Å². The molecule has 1 atom stereocenters. The highest BCUT2D eigenvalue weighted by atomic mass is 32.1. The molecule has 2 aliphatic rings. The van der Waals surface area contributed by atoms with E-state index in [1.807, 2.05) is 35.7 Å². The Bertz CT molecular complexity index is 1190. The van der Waals surface area contributed by atoms with E-state index < -0.39 is 6.04 Å². The van der Waals surface area contributed by atoms with Crippen molar-refractivity contribution >= 4 is 28.2 Å². The lowest BCUT2D eigenvalue weighted by Gasteiger charge is -2.35. The summed E-state index contributed by atoms with van der Waals surface area (Å²) in [6.45, 7) is 3.94. The molecule has 1 aromatic carbocycles. The maximum atomic E-state index is 12.8. The van der Waals surface area contributed by atoms with Crippen LogP contribution in [0.5, 0.6) is 0 Å². The molecule has 0 aliphatic carbocycles. The molecule has 0 spiro atoms. The Hall–Kier alpha value is -3.08. The molecule has 10 heteroatoms. The fourth-order valence-corrected chi connectivity index (χ4v) is 4.92. The van der Waals surface area contributed by atoms with Crippen LogP contribution in [0.2, 0.25) is 0 Å². The highest BCUT2D eigenvalue weighted by Crippen LogP contribution is 2.15. The summed E-state index contributed by atoms with van der Waals surface area (Å²) >= 11 is 1.45. The van der Waals surface area contributed by atoms with Crippen LogP contribution in [0.15, 0.2) is 52.8 Å². The Kier molecular flexibility index (Phi) is 5.73. The number of carbonyl (C=O) groups excluding carboxylic acids is 2. The number of thiazole rings is 1. The van der Waals surface area contributed by atoms with Crippen molar-refractivity contribution in [2.75, 3.05) is 32.8 Å². The number of fused-ring (bicyclic) bond motifs is 1. The molecule has 2 saturated heterocycles. The first-order valence-corrected chi connectivity index (χ1v) is 11.5. The lowest BCUT2D eigenvalue weighted by Crippen LogP contribution is -2.51. The largest absolute Gasteiger partial charge is 0.325 e. The van der Waals surface area contributed by atoms with Crippen molar-refractivity contribution in [2.24, 2.45) is 0 Å². The van der Waals surface area contributed by atoms with Crippen molar-refractivity contribution in [3.63, 3.8) is 0 Å². The number of benzene rings is 1. The Balaban J connectivity index is 1.14. The zero-order chi connectivity index (χ0) is 22.1. The van der Waals surface area contributed by atoms with Gasteiger partial charge < -0.3 is 5.32 Å². The molecule has 0 saturated carbocycles. The molecule has 0 radical (unpaired) electrons. The van der Waals surface area contributed by atoms with Gasteiger partial charge in [-0.1, -0.05) is 30.3 Å². The van der Waals surface area contributed by atoms with Crippen molar-refractivity contribution in [3.05, 3.63) is 69.6 Å². The summed E-state index contributed by atoms with van der Waals surface area (Å²) in [6.07, 6.45) is 2.23. The second-order valence-electron chi connectivity index (χ2n) is 8.13. The number of urea groups is 1. The van der Waals surface area contributed by atoms with Crippen LogP contribution in [0.3, 0.4) is 0 Å². The normalized spacial score (nSPS) is 20.2. The standard InChI is InChI=1S/C22H24N6O3S/c29-19-13-17(23-22-27(19)10-11-32-22)14-25-6-8-26(9-7-25)15-28-20(30)18(24-21(28)31)12-16-4-2-1-3-5-16/h1-5,10-11,13,18H,6-9,12,14-15H2,(H,24,31). The summed E-state index contributed by atoms with van der Waals surface area (Å²) in [4.78, 5) is 48.3. The van der Waals surface area contributed by atoms with Gasteiger partial charge in [0.25, 0.3) is 11.5 Å². The molecule has 4 heterocycles. The molecule has 1 unspecified atom stereocenters. The average molecular weight is 453 g/mol. The van der Waals surface area contributed by atoms with Crippen LogP contribution in [-0.4, -0.2) is 74.9 Å². The van der Waals surface area contributed by atoms with Crippen LogP contribution in [0.25, 0.3) is 4.96 Å². The maximum Gasteiger partial charge on any atom is 0.325 e. The van der Waals surface area contributed by atoms with Crippen LogP contribution in [-0.2, 0) is 17.8 Å². The quantitative estimate of drug-likeness (QED) is 0.561. The summed E-state index contributed by atoms with van der Waals surface area (Å²) in [5.41, 5.74) is 1.73. The topological polar surface area (TPSA) is 90.3 Å². The first-order valence-electron chi connectivity index (χ1n) is 10.6. The molecule has 2 fully saturated rings. The summed E-state index contributed by atoms with van der Waals surface area (Å²) in [5, 5.41) is 4.67. The first kappa shape index (κ1) is 20.8. The number of carbonyl (C=O) groups is 2. The maximum absolute atomic E-state index is 12.8. The minimum atomic E-state index is -0.511. The predicted molar refractivity (Wildman–Crippen MR) is 120 cm³/mol. The highest BCUT2D eigenvalue weighted by molar-refractivity contribution is 7.15. The van der Waals surface area contributed by atoms with Gasteiger partial charge in [0.15, 0.2) is 4.96 Å². The van der Waals surface area contributed by atoms with E-state index in [1.54, 1.807) is 16.7 Å². The number of nitrogens with zero attached hydrogens (tertiary/aromatic N) is 5. The van der Waals surface area contributed by atoms with E-state index in [-0.39, 0.29) is 17.5 Å². The number of hydrogen-bond acceptors (Lipinski definition) is 7. The van der Waals surface area contributed by atoms with Gasteiger partial charge in [-0.3, -0.25) is 23.8 Å². The molecule has 2 aromatic heterocycles. The van der Waals surface area contributed by atoms with Crippen molar-refractivity contribution in [1.82, 2.24) is 29.4 Å². The van der Waals surface area contributed by atoms with E-state index in [2.05, 4.69) is 20.1 Å². The fraction of sp³-hybridized carbons (Fsp3) is 0.364. The number of piperazine rings is 1. The molecular formula is C22H24N6O3S. The third-order valence-electron chi connectivity index (χ3n) is 5.94. The van der Waals surface area contributed by atoms with Gasteiger partial charge in [0.1, 0.15) is 6.04 Å². The molecule has 3 amide bonds. The lowest BCUT2D eigenvalue weighted by molar-refractivity contribution is -0.129. The SMILES string of the molecule is O=C1NC(Cc2ccccc2)C(=O)N1CN1CCN(Cc2cc(=O)n3ccsc3n2)CC1. The summed E-state index contributed by atoms with van der Waals surface area (Å²) in [7, 11) is 0. The molecule has 0 bridgehead atoms. The Morgan fingerprint density at radius 1 is 1.03 bits per heavy atom. The number of nitrogens with one attached hydrogen (secondary N) is 1. The molecule has 32 heavy (non-hydrogen) atoms. The van der Waals surface area contributed by atoms with Gasteiger partial charge >= 0.3 is 6.03 Å². The third kappa shape index (κ3) is 4.29. The lowest BCUT2D eigenvalue weighted by atomic mass is 10.1. The Morgan fingerprint density at radius 3 is 2.56 bits per heavy atom. The number of imide groups is 1. The van der Waals surface area contributed by atoms with Crippen molar-refractivity contribution in [2.45, 2.75) is 19.0 Å². The average Bonchev–Trinajstić information content (AvgIpc) is 3.36. The van der Waals surface area contributed by atoms with Gasteiger partial charge in [-0.25, -0.2) is 14.7 Å². The molecule has 9 nitrogen and oxygen atoms in total. The molecule has 1 N–H and O–H groups in total. The molecule has 5 rings (SSSR count). The second kappa shape index (κ2) is 8.81. The zero-order valence-corrected chi connectivity index (χ0v) is 18.3. The third-order valence-corrected chi connectivity index (χ3v) is 6.69. The number of amides is 3. The van der Waals surface area contributed by atoms with E-state index in [0.29, 0.717) is 24.6 Å². The van der Waals surface area contributed by atoms with E-state index in [0.717, 1.165) is 37.4 Å². The van der Waals surface area contributed by atoms with Crippen molar-refractivity contribution in [3.8, 4) is 0 Å². The van der Waals surface area contributed by atoms with Crippen molar-refractivity contribution in [1.29, 1.82) is 0 Å². The number of aromatic nitrogens is 2. The fourth-order valence-electron chi connectivity index (χ4n) is 4.19.